The molecule has 0 unspecified atom stereocenters. The Morgan fingerprint density at radius 2 is 0.889 bits per heavy atom. The van der Waals surface area contributed by atoms with E-state index in [4.69, 9.17) is 4.74 Å². The minimum Gasteiger partial charge on any atom is -0.431 e. The van der Waals surface area contributed by atoms with Crippen LogP contribution in [-0.4, -0.2) is 60.6 Å². The Bertz CT molecular complexity index is 2000. The molecule has 0 aromatic heterocycles. The molecule has 416 valence electrons. The third-order valence-electron chi connectivity index (χ3n) is 7.49. The van der Waals surface area contributed by atoms with Crippen molar-refractivity contribution in [3.63, 3.8) is 0 Å². The summed E-state index contributed by atoms with van der Waals surface area (Å²) in [5.74, 6) is 2.95. The summed E-state index contributed by atoms with van der Waals surface area (Å²) in [6.07, 6.45) is 13.4. The quantitative estimate of drug-likeness (QED) is 0.0752. The van der Waals surface area contributed by atoms with Gasteiger partial charge in [0.2, 0.25) is 27.7 Å². The first-order chi connectivity index (χ1) is 31.4. The molecule has 0 spiro atoms. The summed E-state index contributed by atoms with van der Waals surface area (Å²) in [5, 5.41) is 13.2. The first-order valence-electron chi connectivity index (χ1n) is 25.2. The maximum Gasteiger partial charge on any atom is 0.248 e. The standard InChI is InChI=1S/C17H25NO.3C11H21NO.C10H21NO2S/c1-16(2,3)14(15(19)18-17(4,5)6)12-13-10-8-7-9-11-13;1-10(2,3)7-8-13-9-12-11(4,5)6;2*1-10(2,3)8-7-9(13)12-11(4,5)6;1-9(2,3)7-8-14(12,13)11-10(4,5)6/h7-12H,1-6H3,(H,18,19);12H,9H2,1-6H3;2*7-8H,1-6H3,(H,12,13);7-8,11H,1-6H3/b14-12-;;8-7+;8-7-;8-7+. The van der Waals surface area contributed by atoms with Crippen LogP contribution < -0.4 is 26.0 Å². The number of hydrogen-bond acceptors (Lipinski definition) is 7. The van der Waals surface area contributed by atoms with Crippen molar-refractivity contribution < 1.29 is 27.5 Å². The maximum absolute atomic E-state index is 12.4. The molecule has 1 rings (SSSR count). The van der Waals surface area contributed by atoms with E-state index >= 15 is 0 Å². The summed E-state index contributed by atoms with van der Waals surface area (Å²) in [4.78, 5) is 35.0. The van der Waals surface area contributed by atoms with Gasteiger partial charge in [0.1, 0.15) is 6.11 Å². The van der Waals surface area contributed by atoms with Gasteiger partial charge in [-0.15, -0.1) is 0 Å². The van der Waals surface area contributed by atoms with Crippen LogP contribution in [0.2, 0.25) is 0 Å². The third-order valence-corrected chi connectivity index (χ3v) is 8.88. The maximum atomic E-state index is 12.4. The first kappa shape index (κ1) is 74.3. The predicted octanol–water partition coefficient (Wildman–Crippen LogP) is 13.7. The number of hydrogen-bond donors (Lipinski definition) is 5. The summed E-state index contributed by atoms with van der Waals surface area (Å²) in [6.45, 7) is 60.6. The van der Waals surface area contributed by atoms with Gasteiger partial charge >= 0.3 is 0 Å². The molecule has 0 saturated carbocycles. The van der Waals surface area contributed by atoms with E-state index in [1.165, 1.54) is 5.41 Å². The molecular formula is C60H109N5O6S. The van der Waals surface area contributed by atoms with Crippen molar-refractivity contribution in [1.82, 2.24) is 26.0 Å². The molecule has 11 nitrogen and oxygen atoms in total. The minimum atomic E-state index is -3.30. The zero-order chi connectivity index (χ0) is 58.2. The second kappa shape index (κ2) is 30.3. The molecule has 12 heteroatoms. The summed E-state index contributed by atoms with van der Waals surface area (Å²) in [7, 11) is -3.30. The number of sulfonamides is 1. The molecule has 0 aliphatic carbocycles. The van der Waals surface area contributed by atoms with Crippen molar-refractivity contribution in [2.24, 2.45) is 27.1 Å². The average molecular weight is 1030 g/mol. The second-order valence-corrected chi connectivity index (χ2v) is 30.1. The van der Waals surface area contributed by atoms with Crippen LogP contribution in [0.15, 0.2) is 71.7 Å². The van der Waals surface area contributed by atoms with Crippen LogP contribution in [-0.2, 0) is 29.1 Å². The van der Waals surface area contributed by atoms with E-state index in [2.05, 4.69) is 142 Å². The second-order valence-electron chi connectivity index (χ2n) is 28.6. The first-order valence-corrected chi connectivity index (χ1v) is 26.7. The monoisotopic (exact) mass is 1030 g/mol. The number of benzene rings is 1. The Labute approximate surface area is 444 Å². The summed E-state index contributed by atoms with van der Waals surface area (Å²) < 4.78 is 30.7. The Kier molecular flexibility index (Phi) is 31.2. The number of amides is 3. The van der Waals surface area contributed by atoms with Crippen LogP contribution in [0, 0.1) is 39.1 Å². The highest BCUT2D eigenvalue weighted by Crippen LogP contribution is 2.28. The lowest BCUT2D eigenvalue weighted by Crippen LogP contribution is -2.43. The van der Waals surface area contributed by atoms with E-state index in [1.54, 1.807) is 18.2 Å². The fraction of sp³-hybridized carbons (Fsp3) is 0.683. The topological polar surface area (TPSA) is 155 Å². The van der Waals surface area contributed by atoms with Crippen molar-refractivity contribution in [2.75, 3.05) is 6.73 Å². The van der Waals surface area contributed by atoms with Crippen molar-refractivity contribution in [1.29, 1.82) is 0 Å². The highest BCUT2D eigenvalue weighted by Gasteiger charge is 2.26. The molecule has 1 aromatic rings. The molecule has 0 saturated heterocycles. The SMILES string of the molecule is CC(C)(C)/C=C/C(=O)NC(C)(C)C.CC(C)(C)/C=C/S(=O)(=O)NC(C)(C)C.CC(C)(C)/C=C\C(=O)NC(C)(C)C.CC(C)(C)C#COCNC(C)(C)C.CC(C)(C)NC(=O)/C(=C/c1ccccc1)C(C)(C)C. The van der Waals surface area contributed by atoms with Gasteiger partial charge in [-0.25, -0.2) is 13.1 Å². The zero-order valence-electron chi connectivity index (χ0n) is 51.5. The van der Waals surface area contributed by atoms with Crippen molar-refractivity contribution in [3.05, 3.63) is 77.3 Å². The van der Waals surface area contributed by atoms with Crippen molar-refractivity contribution >= 4 is 33.8 Å². The molecule has 3 amide bonds. The van der Waals surface area contributed by atoms with E-state index in [1.807, 2.05) is 152 Å². The van der Waals surface area contributed by atoms with Gasteiger partial charge in [-0.3, -0.25) is 19.7 Å². The van der Waals surface area contributed by atoms with E-state index in [-0.39, 0.29) is 67.0 Å². The molecule has 0 aliphatic rings. The molecule has 0 atom stereocenters. The van der Waals surface area contributed by atoms with Gasteiger partial charge in [0.05, 0.1) is 0 Å². The zero-order valence-corrected chi connectivity index (χ0v) is 52.3. The fourth-order valence-corrected chi connectivity index (χ4v) is 5.96. The predicted molar refractivity (Wildman–Crippen MR) is 311 cm³/mol. The molecule has 0 aliphatic heterocycles. The average Bonchev–Trinajstić information content (AvgIpc) is 3.07. The van der Waals surface area contributed by atoms with Gasteiger partial charge in [0.25, 0.3) is 0 Å². The van der Waals surface area contributed by atoms with Crippen LogP contribution in [0.25, 0.3) is 6.08 Å². The Balaban J connectivity index is -0.000000406. The van der Waals surface area contributed by atoms with Gasteiger partial charge < -0.3 is 20.7 Å². The van der Waals surface area contributed by atoms with Crippen LogP contribution in [0.4, 0.5) is 0 Å². The van der Waals surface area contributed by atoms with E-state index in [0.717, 1.165) is 11.1 Å². The number of allylic oxidation sites excluding steroid dienone is 3. The summed E-state index contributed by atoms with van der Waals surface area (Å²) >= 11 is 0. The van der Waals surface area contributed by atoms with Crippen molar-refractivity contribution in [2.45, 2.75) is 235 Å². The number of ether oxygens (including phenoxy) is 1. The highest BCUT2D eigenvalue weighted by atomic mass is 32.2. The van der Waals surface area contributed by atoms with Gasteiger partial charge in [0, 0.05) is 44.1 Å². The molecule has 0 bridgehead atoms. The minimum absolute atomic E-state index is 0.00357. The Morgan fingerprint density at radius 1 is 0.514 bits per heavy atom. The van der Waals surface area contributed by atoms with E-state index in [9.17, 15) is 22.8 Å². The molecule has 72 heavy (non-hydrogen) atoms. The van der Waals surface area contributed by atoms with E-state index < -0.39 is 15.6 Å². The van der Waals surface area contributed by atoms with Crippen LogP contribution in [0.3, 0.4) is 0 Å². The number of carbonyl (C=O) groups is 3. The normalized spacial score (nSPS) is 13.4. The van der Waals surface area contributed by atoms with Gasteiger partial charge in [-0.05, 0) is 170 Å². The largest absolute Gasteiger partial charge is 0.431 e. The summed E-state index contributed by atoms with van der Waals surface area (Å²) in [5.41, 5.74) is 0.815. The van der Waals surface area contributed by atoms with Crippen molar-refractivity contribution in [3.8, 4) is 12.0 Å². The Hall–Kier alpha value is -4.18. The lowest BCUT2D eigenvalue weighted by atomic mass is 9.84. The molecule has 0 heterocycles. The van der Waals surface area contributed by atoms with Gasteiger partial charge in [0.15, 0.2) is 6.73 Å². The number of nitrogens with one attached hydrogen (secondary N) is 5. The van der Waals surface area contributed by atoms with Crippen LogP contribution in [0.1, 0.15) is 213 Å². The summed E-state index contributed by atoms with van der Waals surface area (Å²) in [6, 6.07) is 9.96. The molecule has 0 fully saturated rings. The molecule has 5 N–H and O–H groups in total. The van der Waals surface area contributed by atoms with Crippen LogP contribution in [0.5, 0.6) is 0 Å². The number of rotatable bonds is 8. The van der Waals surface area contributed by atoms with E-state index in [0.29, 0.717) is 6.73 Å². The molecule has 0 radical (unpaired) electrons. The Morgan fingerprint density at radius 3 is 1.18 bits per heavy atom. The fourth-order valence-electron chi connectivity index (χ4n) is 4.45. The highest BCUT2D eigenvalue weighted by molar-refractivity contribution is 7.92. The van der Waals surface area contributed by atoms with Gasteiger partial charge in [-0.1, -0.05) is 138 Å². The smallest absolute Gasteiger partial charge is 0.248 e. The lowest BCUT2D eigenvalue weighted by molar-refractivity contribution is -0.120. The molecule has 1 aromatic carbocycles. The number of carbonyl (C=O) groups excluding carboxylic acids is 3. The van der Waals surface area contributed by atoms with Crippen LogP contribution >= 0.6 is 0 Å². The molecular weight excluding hydrogens is 919 g/mol. The lowest BCUT2D eigenvalue weighted by Gasteiger charge is -2.27. The third kappa shape index (κ3) is 60.1. The van der Waals surface area contributed by atoms with Gasteiger partial charge in [-0.2, -0.15) is 0 Å².